The van der Waals surface area contributed by atoms with Crippen LogP contribution in [0.15, 0.2) is 60.7 Å². The van der Waals surface area contributed by atoms with Gasteiger partial charge in [0.05, 0.1) is 0 Å². The number of hydrogen-bond acceptors (Lipinski definition) is 2. The number of piperidine rings is 2. The maximum absolute atomic E-state index is 12.3. The van der Waals surface area contributed by atoms with Crippen LogP contribution in [0.1, 0.15) is 43.2 Å². The number of hydrogen-bond donors (Lipinski definition) is 2. The molecule has 0 aromatic heterocycles. The molecule has 0 unspecified atom stereocenters. The van der Waals surface area contributed by atoms with E-state index in [0.29, 0.717) is 18.6 Å². The Bertz CT molecular complexity index is 720. The normalized spacial score (nSPS) is 25.0. The minimum atomic E-state index is -0.0431. The second-order valence-corrected chi connectivity index (χ2v) is 7.88. The molecule has 4 nitrogen and oxygen atoms in total. The van der Waals surface area contributed by atoms with E-state index in [-0.39, 0.29) is 12.1 Å². The standard InChI is InChI=1S/C23H29N3O/c27-23(24-16-18-8-3-1-4-9-18)25-20-14-21-12-7-13-22(15-20)26(21)17-19-10-5-2-6-11-19/h1-6,8-11,20-22H,7,12-17H2,(H2,24,25,27)/t21-,22-/m0/s1. The minimum Gasteiger partial charge on any atom is -0.335 e. The molecular weight excluding hydrogens is 334 g/mol. The highest BCUT2D eigenvalue weighted by Crippen LogP contribution is 2.35. The molecule has 2 heterocycles. The van der Waals surface area contributed by atoms with E-state index in [1.165, 1.54) is 24.8 Å². The summed E-state index contributed by atoms with van der Waals surface area (Å²) in [5, 5.41) is 6.22. The number of urea groups is 1. The summed E-state index contributed by atoms with van der Waals surface area (Å²) in [5.41, 5.74) is 2.52. The maximum atomic E-state index is 12.3. The molecule has 2 bridgehead atoms. The lowest BCUT2D eigenvalue weighted by molar-refractivity contribution is 0.0197. The number of benzene rings is 2. The van der Waals surface area contributed by atoms with Crippen molar-refractivity contribution in [2.24, 2.45) is 0 Å². The van der Waals surface area contributed by atoms with Crippen LogP contribution in [0.2, 0.25) is 0 Å². The largest absolute Gasteiger partial charge is 0.335 e. The number of fused-ring (bicyclic) bond motifs is 2. The van der Waals surface area contributed by atoms with Crippen molar-refractivity contribution in [3.63, 3.8) is 0 Å². The quantitative estimate of drug-likeness (QED) is 0.841. The number of carbonyl (C=O) groups excluding carboxylic acids is 1. The molecule has 2 amide bonds. The van der Waals surface area contributed by atoms with Gasteiger partial charge in [-0.15, -0.1) is 0 Å². The fourth-order valence-electron chi connectivity index (χ4n) is 4.66. The third kappa shape index (κ3) is 4.69. The molecule has 2 atom stereocenters. The summed E-state index contributed by atoms with van der Waals surface area (Å²) in [6.45, 7) is 1.61. The van der Waals surface area contributed by atoms with E-state index in [4.69, 9.17) is 0 Å². The van der Waals surface area contributed by atoms with E-state index in [1.807, 2.05) is 30.3 Å². The molecule has 0 aliphatic carbocycles. The lowest BCUT2D eigenvalue weighted by atomic mass is 9.81. The van der Waals surface area contributed by atoms with Gasteiger partial charge in [-0.2, -0.15) is 0 Å². The Morgan fingerprint density at radius 2 is 1.48 bits per heavy atom. The van der Waals surface area contributed by atoms with Gasteiger partial charge in [-0.3, -0.25) is 4.90 Å². The molecule has 2 saturated heterocycles. The average Bonchev–Trinajstić information content (AvgIpc) is 2.69. The SMILES string of the molecule is O=C(NCc1ccccc1)NC1C[C@@H]2CCC[C@@H](C1)N2Cc1ccccc1. The molecule has 4 rings (SSSR count). The lowest BCUT2D eigenvalue weighted by Gasteiger charge is -2.49. The highest BCUT2D eigenvalue weighted by atomic mass is 16.2. The van der Waals surface area contributed by atoms with Crippen molar-refractivity contribution < 1.29 is 4.79 Å². The zero-order chi connectivity index (χ0) is 18.5. The van der Waals surface area contributed by atoms with E-state index in [9.17, 15) is 4.79 Å². The Balaban J connectivity index is 1.31. The van der Waals surface area contributed by atoms with Gasteiger partial charge in [0, 0.05) is 31.2 Å². The van der Waals surface area contributed by atoms with Gasteiger partial charge in [0.15, 0.2) is 0 Å². The second-order valence-electron chi connectivity index (χ2n) is 7.88. The molecule has 142 valence electrons. The van der Waals surface area contributed by atoms with E-state index < -0.39 is 0 Å². The molecule has 0 spiro atoms. The van der Waals surface area contributed by atoms with Gasteiger partial charge in [-0.1, -0.05) is 67.1 Å². The Hall–Kier alpha value is -2.33. The predicted octanol–water partition coefficient (Wildman–Crippen LogP) is 4.07. The summed E-state index contributed by atoms with van der Waals surface area (Å²) in [7, 11) is 0. The van der Waals surface area contributed by atoms with Crippen LogP contribution >= 0.6 is 0 Å². The van der Waals surface area contributed by atoms with Crippen molar-refractivity contribution in [2.75, 3.05) is 0 Å². The molecule has 2 aromatic rings. The Labute approximate surface area is 162 Å². The third-order valence-electron chi connectivity index (χ3n) is 5.97. The first-order valence-corrected chi connectivity index (χ1v) is 10.2. The van der Waals surface area contributed by atoms with Crippen molar-refractivity contribution in [2.45, 2.75) is 63.3 Å². The van der Waals surface area contributed by atoms with Gasteiger partial charge in [-0.05, 0) is 36.8 Å². The van der Waals surface area contributed by atoms with Crippen LogP contribution in [0, 0.1) is 0 Å². The number of rotatable bonds is 5. The monoisotopic (exact) mass is 363 g/mol. The molecule has 2 N–H and O–H groups in total. The van der Waals surface area contributed by atoms with E-state index in [0.717, 1.165) is 24.9 Å². The van der Waals surface area contributed by atoms with Crippen LogP contribution in [-0.2, 0) is 13.1 Å². The molecule has 2 aromatic carbocycles. The van der Waals surface area contributed by atoms with Crippen molar-refractivity contribution in [1.82, 2.24) is 15.5 Å². The van der Waals surface area contributed by atoms with E-state index in [1.54, 1.807) is 0 Å². The number of nitrogens with zero attached hydrogens (tertiary/aromatic N) is 1. The van der Waals surface area contributed by atoms with Crippen molar-refractivity contribution in [1.29, 1.82) is 0 Å². The molecule has 0 saturated carbocycles. The maximum Gasteiger partial charge on any atom is 0.315 e. The van der Waals surface area contributed by atoms with Gasteiger partial charge in [-0.25, -0.2) is 4.79 Å². The van der Waals surface area contributed by atoms with E-state index in [2.05, 4.69) is 45.9 Å². The Morgan fingerprint density at radius 3 is 2.11 bits per heavy atom. The van der Waals surface area contributed by atoms with Crippen molar-refractivity contribution >= 4 is 6.03 Å². The fourth-order valence-corrected chi connectivity index (χ4v) is 4.66. The average molecular weight is 364 g/mol. The summed E-state index contributed by atoms with van der Waals surface area (Å²) >= 11 is 0. The molecule has 2 fully saturated rings. The van der Waals surface area contributed by atoms with Gasteiger partial charge in [0.2, 0.25) is 0 Å². The van der Waals surface area contributed by atoms with E-state index >= 15 is 0 Å². The fraction of sp³-hybridized carbons (Fsp3) is 0.435. The molecule has 2 aliphatic heterocycles. The highest BCUT2D eigenvalue weighted by Gasteiger charge is 2.38. The van der Waals surface area contributed by atoms with Gasteiger partial charge in [0.25, 0.3) is 0 Å². The number of nitrogens with one attached hydrogen (secondary N) is 2. The topological polar surface area (TPSA) is 44.4 Å². The summed E-state index contributed by atoms with van der Waals surface area (Å²) < 4.78 is 0. The van der Waals surface area contributed by atoms with Crippen LogP contribution in [0.25, 0.3) is 0 Å². The summed E-state index contributed by atoms with van der Waals surface area (Å²) in [4.78, 5) is 15.0. The van der Waals surface area contributed by atoms with Crippen molar-refractivity contribution in [3.8, 4) is 0 Å². The van der Waals surface area contributed by atoms with Crippen LogP contribution in [0.4, 0.5) is 4.79 Å². The summed E-state index contributed by atoms with van der Waals surface area (Å²) in [5.74, 6) is 0. The molecule has 0 radical (unpaired) electrons. The van der Waals surface area contributed by atoms with Gasteiger partial charge >= 0.3 is 6.03 Å². The van der Waals surface area contributed by atoms with Crippen LogP contribution in [0.3, 0.4) is 0 Å². The van der Waals surface area contributed by atoms with Crippen LogP contribution < -0.4 is 10.6 Å². The molecule has 4 heteroatoms. The first-order chi connectivity index (χ1) is 13.3. The highest BCUT2D eigenvalue weighted by molar-refractivity contribution is 5.74. The Morgan fingerprint density at radius 1 is 0.889 bits per heavy atom. The summed E-state index contributed by atoms with van der Waals surface area (Å²) in [6, 6.07) is 22.2. The number of carbonyl (C=O) groups is 1. The zero-order valence-electron chi connectivity index (χ0n) is 15.8. The minimum absolute atomic E-state index is 0.0431. The lowest BCUT2D eigenvalue weighted by Crippen LogP contribution is -2.57. The van der Waals surface area contributed by atoms with Crippen LogP contribution in [0.5, 0.6) is 0 Å². The summed E-state index contributed by atoms with van der Waals surface area (Å²) in [6.07, 6.45) is 5.91. The number of amides is 2. The molecule has 2 aliphatic rings. The smallest absolute Gasteiger partial charge is 0.315 e. The first-order valence-electron chi connectivity index (χ1n) is 10.2. The zero-order valence-corrected chi connectivity index (χ0v) is 15.8. The van der Waals surface area contributed by atoms with Gasteiger partial charge in [0.1, 0.15) is 0 Å². The Kier molecular flexibility index (Phi) is 5.73. The van der Waals surface area contributed by atoms with Crippen LogP contribution in [-0.4, -0.2) is 29.1 Å². The molecular formula is C23H29N3O. The molecule has 27 heavy (non-hydrogen) atoms. The predicted molar refractivity (Wildman–Crippen MR) is 108 cm³/mol. The second kappa shape index (κ2) is 8.57. The first kappa shape index (κ1) is 18.1. The third-order valence-corrected chi connectivity index (χ3v) is 5.97. The van der Waals surface area contributed by atoms with Crippen molar-refractivity contribution in [3.05, 3.63) is 71.8 Å². The van der Waals surface area contributed by atoms with Gasteiger partial charge < -0.3 is 10.6 Å².